The summed E-state index contributed by atoms with van der Waals surface area (Å²) in [5.74, 6) is 0.293. The van der Waals surface area contributed by atoms with Gasteiger partial charge in [0, 0.05) is 16.8 Å². The lowest BCUT2D eigenvalue weighted by atomic mass is 10.2. The molecule has 6 heteroatoms. The third-order valence-electron chi connectivity index (χ3n) is 4.13. The predicted octanol–water partition coefficient (Wildman–Crippen LogP) is 2.72. The molecule has 0 spiro atoms. The first-order valence-corrected chi connectivity index (χ1v) is 7.56. The molecule has 1 aliphatic rings. The maximum Gasteiger partial charge on any atom is 0.180 e. The number of halogens is 1. The quantitative estimate of drug-likeness (QED) is 0.808. The number of hydrogen-bond donors (Lipinski definition) is 1. The molecule has 0 unspecified atom stereocenters. The lowest BCUT2D eigenvalue weighted by Crippen LogP contribution is -2.07. The zero-order valence-electron chi connectivity index (χ0n) is 12.4. The minimum Gasteiger partial charge on any atom is -0.505 e. The van der Waals surface area contributed by atoms with Gasteiger partial charge in [-0.15, -0.1) is 0 Å². The van der Waals surface area contributed by atoms with Crippen LogP contribution in [0.2, 0.25) is 0 Å². The van der Waals surface area contributed by atoms with Crippen LogP contribution in [0.5, 0.6) is 5.75 Å². The van der Waals surface area contributed by atoms with Crippen LogP contribution in [-0.4, -0.2) is 24.9 Å². The van der Waals surface area contributed by atoms with E-state index < -0.39 is 0 Å². The highest BCUT2D eigenvalue weighted by atomic mass is 19.1. The van der Waals surface area contributed by atoms with Crippen molar-refractivity contribution in [2.75, 3.05) is 0 Å². The van der Waals surface area contributed by atoms with Crippen LogP contribution >= 0.6 is 0 Å². The summed E-state index contributed by atoms with van der Waals surface area (Å²) in [5, 5.41) is 13.9. The molecule has 0 bridgehead atoms. The Labute approximate surface area is 132 Å². The van der Waals surface area contributed by atoms with Crippen molar-refractivity contribution in [2.24, 2.45) is 0 Å². The highest BCUT2D eigenvalue weighted by Crippen LogP contribution is 2.31. The summed E-state index contributed by atoms with van der Waals surface area (Å²) in [6, 6.07) is 6.74. The molecular weight excluding hydrogens is 295 g/mol. The van der Waals surface area contributed by atoms with Crippen LogP contribution < -0.4 is 0 Å². The number of benzene rings is 1. The zero-order chi connectivity index (χ0) is 15.8. The first kappa shape index (κ1) is 13.9. The van der Waals surface area contributed by atoms with Gasteiger partial charge in [-0.25, -0.2) is 14.4 Å². The average molecular weight is 310 g/mol. The first-order chi connectivity index (χ1) is 11.2. The smallest absolute Gasteiger partial charge is 0.180 e. The fourth-order valence-corrected chi connectivity index (χ4v) is 3.05. The fourth-order valence-electron chi connectivity index (χ4n) is 3.05. The van der Waals surface area contributed by atoms with Gasteiger partial charge in [-0.3, -0.25) is 4.68 Å². The zero-order valence-corrected chi connectivity index (χ0v) is 12.4. The highest BCUT2D eigenvalue weighted by molar-refractivity contribution is 5.58. The lowest BCUT2D eigenvalue weighted by molar-refractivity contribution is 0.470. The molecule has 1 aromatic carbocycles. The molecule has 23 heavy (non-hydrogen) atoms. The predicted molar refractivity (Wildman–Crippen MR) is 82.4 cm³/mol. The summed E-state index contributed by atoms with van der Waals surface area (Å²) >= 11 is 0. The molecule has 0 saturated carbocycles. The summed E-state index contributed by atoms with van der Waals surface area (Å²) in [6.07, 6.45) is 5.62. The van der Waals surface area contributed by atoms with Crippen molar-refractivity contribution in [3.8, 4) is 17.3 Å². The Balaban J connectivity index is 1.76. The summed E-state index contributed by atoms with van der Waals surface area (Å²) in [4.78, 5) is 8.31. The minimum absolute atomic E-state index is 0.0242. The molecule has 0 amide bonds. The molecule has 0 atom stereocenters. The van der Waals surface area contributed by atoms with E-state index in [0.29, 0.717) is 17.9 Å². The van der Waals surface area contributed by atoms with Crippen LogP contribution in [-0.2, 0) is 19.4 Å². The van der Waals surface area contributed by atoms with E-state index >= 15 is 0 Å². The molecule has 0 aliphatic heterocycles. The van der Waals surface area contributed by atoms with E-state index in [1.807, 2.05) is 10.7 Å². The summed E-state index contributed by atoms with van der Waals surface area (Å²) in [7, 11) is 0. The van der Waals surface area contributed by atoms with Crippen LogP contribution in [0.4, 0.5) is 4.39 Å². The van der Waals surface area contributed by atoms with Crippen molar-refractivity contribution in [1.82, 2.24) is 19.7 Å². The van der Waals surface area contributed by atoms with Crippen LogP contribution in [0.1, 0.15) is 23.2 Å². The maximum absolute atomic E-state index is 13.9. The second kappa shape index (κ2) is 5.46. The number of aromatic hydroxyl groups is 1. The molecule has 2 heterocycles. The topological polar surface area (TPSA) is 63.8 Å². The molecule has 5 nitrogen and oxygen atoms in total. The van der Waals surface area contributed by atoms with Gasteiger partial charge in [-0.2, -0.15) is 5.10 Å². The van der Waals surface area contributed by atoms with Crippen molar-refractivity contribution in [3.63, 3.8) is 0 Å². The molecule has 0 fully saturated rings. The highest BCUT2D eigenvalue weighted by Gasteiger charge is 2.25. The van der Waals surface area contributed by atoms with Crippen LogP contribution in [0.3, 0.4) is 0 Å². The number of hydrogen-bond acceptors (Lipinski definition) is 4. The molecule has 4 rings (SSSR count). The van der Waals surface area contributed by atoms with Gasteiger partial charge in [0.15, 0.2) is 11.6 Å². The molecule has 116 valence electrons. The molecule has 1 N–H and O–H groups in total. The standard InChI is InChI=1S/C17H15FN4O/c18-14-6-2-1-4-11(14)10-22-15-7-3-5-13(15)16(21-22)17-19-8-12(23)9-20-17/h1-2,4,6,8-9,23H,3,5,7,10H2. The van der Waals surface area contributed by atoms with E-state index in [1.165, 1.54) is 18.5 Å². The Kier molecular flexibility index (Phi) is 3.29. The fraction of sp³-hybridized carbons (Fsp3) is 0.235. The van der Waals surface area contributed by atoms with E-state index in [2.05, 4.69) is 15.1 Å². The Morgan fingerprint density at radius 2 is 1.91 bits per heavy atom. The van der Waals surface area contributed by atoms with Crippen LogP contribution in [0.25, 0.3) is 11.5 Å². The van der Waals surface area contributed by atoms with Gasteiger partial charge >= 0.3 is 0 Å². The van der Waals surface area contributed by atoms with Gasteiger partial charge in [0.25, 0.3) is 0 Å². The van der Waals surface area contributed by atoms with Crippen molar-refractivity contribution >= 4 is 0 Å². The number of aromatic nitrogens is 4. The van der Waals surface area contributed by atoms with Crippen molar-refractivity contribution in [3.05, 3.63) is 59.3 Å². The SMILES string of the molecule is Oc1cnc(-c2nn(Cc3ccccc3F)c3c2CCC3)nc1. The summed E-state index contributed by atoms with van der Waals surface area (Å²) in [5.41, 5.74) is 3.60. The first-order valence-electron chi connectivity index (χ1n) is 7.56. The third kappa shape index (κ3) is 2.46. The molecular formula is C17H15FN4O. The van der Waals surface area contributed by atoms with E-state index in [9.17, 15) is 9.50 Å². The average Bonchev–Trinajstić information content (AvgIpc) is 3.14. The maximum atomic E-state index is 13.9. The van der Waals surface area contributed by atoms with E-state index in [1.54, 1.807) is 12.1 Å². The van der Waals surface area contributed by atoms with E-state index in [4.69, 9.17) is 0 Å². The van der Waals surface area contributed by atoms with Crippen LogP contribution in [0, 0.1) is 5.82 Å². The third-order valence-corrected chi connectivity index (χ3v) is 4.13. The molecule has 0 saturated heterocycles. The largest absolute Gasteiger partial charge is 0.505 e. The van der Waals surface area contributed by atoms with E-state index in [0.717, 1.165) is 36.2 Å². The molecule has 0 radical (unpaired) electrons. The normalized spacial score (nSPS) is 13.3. The van der Waals surface area contributed by atoms with Gasteiger partial charge in [0.1, 0.15) is 11.5 Å². The summed E-state index contributed by atoms with van der Waals surface area (Å²) < 4.78 is 15.8. The second-order valence-corrected chi connectivity index (χ2v) is 5.64. The van der Waals surface area contributed by atoms with Crippen molar-refractivity contribution in [2.45, 2.75) is 25.8 Å². The van der Waals surface area contributed by atoms with Gasteiger partial charge in [-0.05, 0) is 25.3 Å². The number of nitrogens with zero attached hydrogens (tertiary/aromatic N) is 4. The Bertz CT molecular complexity index is 858. The minimum atomic E-state index is -0.225. The van der Waals surface area contributed by atoms with Gasteiger partial charge in [-0.1, -0.05) is 18.2 Å². The Morgan fingerprint density at radius 1 is 1.13 bits per heavy atom. The van der Waals surface area contributed by atoms with Gasteiger partial charge < -0.3 is 5.11 Å². The van der Waals surface area contributed by atoms with Gasteiger partial charge in [0.2, 0.25) is 0 Å². The summed E-state index contributed by atoms with van der Waals surface area (Å²) in [6.45, 7) is 0.396. The van der Waals surface area contributed by atoms with E-state index in [-0.39, 0.29) is 11.6 Å². The molecule has 1 aliphatic carbocycles. The number of rotatable bonds is 3. The monoisotopic (exact) mass is 310 g/mol. The van der Waals surface area contributed by atoms with Gasteiger partial charge in [0.05, 0.1) is 18.9 Å². The molecule has 2 aromatic heterocycles. The second-order valence-electron chi connectivity index (χ2n) is 5.64. The number of fused-ring (bicyclic) bond motifs is 1. The van der Waals surface area contributed by atoms with Crippen molar-refractivity contribution in [1.29, 1.82) is 0 Å². The lowest BCUT2D eigenvalue weighted by Gasteiger charge is -2.06. The van der Waals surface area contributed by atoms with Crippen molar-refractivity contribution < 1.29 is 9.50 Å². The molecule has 3 aromatic rings. The van der Waals surface area contributed by atoms with Crippen LogP contribution in [0.15, 0.2) is 36.7 Å². The Hall–Kier alpha value is -2.76. The Morgan fingerprint density at radius 3 is 2.70 bits per heavy atom.